The Morgan fingerprint density at radius 2 is 1.78 bits per heavy atom. The molecule has 8 heteroatoms. The van der Waals surface area contributed by atoms with Crippen LogP contribution in [-0.4, -0.2) is 45.7 Å². The van der Waals surface area contributed by atoms with Crippen LogP contribution in [0.4, 0.5) is 5.69 Å². The molecule has 0 aliphatic carbocycles. The van der Waals surface area contributed by atoms with E-state index in [1.807, 2.05) is 0 Å². The summed E-state index contributed by atoms with van der Waals surface area (Å²) in [6.07, 6.45) is 1.02. The van der Waals surface area contributed by atoms with Crippen molar-refractivity contribution in [2.75, 3.05) is 23.7 Å². The number of rotatable bonds is 7. The van der Waals surface area contributed by atoms with Crippen LogP contribution in [0.1, 0.15) is 31.1 Å². The van der Waals surface area contributed by atoms with Crippen LogP contribution in [0.2, 0.25) is 0 Å². The minimum Gasteiger partial charge on any atom is -0.462 e. The van der Waals surface area contributed by atoms with Crippen molar-refractivity contribution >= 4 is 27.6 Å². The first kappa shape index (κ1) is 19.0. The molecule has 0 heterocycles. The minimum absolute atomic E-state index is 0.0879. The smallest absolute Gasteiger partial charge is 0.338 e. The van der Waals surface area contributed by atoms with Crippen molar-refractivity contribution in [2.24, 2.45) is 0 Å². The zero-order valence-electron chi connectivity index (χ0n) is 13.7. The SMILES string of the molecule is CCOC(=O)c1ccc(N(CC(=O)NC(C)C)S(C)(=O)=O)cc1. The van der Waals surface area contributed by atoms with E-state index < -0.39 is 21.9 Å². The Morgan fingerprint density at radius 1 is 1.22 bits per heavy atom. The topological polar surface area (TPSA) is 92.8 Å². The monoisotopic (exact) mass is 342 g/mol. The van der Waals surface area contributed by atoms with E-state index >= 15 is 0 Å². The van der Waals surface area contributed by atoms with Crippen molar-refractivity contribution in [3.05, 3.63) is 29.8 Å². The van der Waals surface area contributed by atoms with E-state index in [4.69, 9.17) is 4.74 Å². The van der Waals surface area contributed by atoms with Gasteiger partial charge in [-0.1, -0.05) is 0 Å². The zero-order chi connectivity index (χ0) is 17.6. The van der Waals surface area contributed by atoms with Crippen LogP contribution in [0.5, 0.6) is 0 Å². The van der Waals surface area contributed by atoms with Crippen LogP contribution in [0.15, 0.2) is 24.3 Å². The fraction of sp³-hybridized carbons (Fsp3) is 0.467. The van der Waals surface area contributed by atoms with Crippen LogP contribution < -0.4 is 9.62 Å². The average Bonchev–Trinajstić information content (AvgIpc) is 2.43. The maximum absolute atomic E-state index is 11.9. The van der Waals surface area contributed by atoms with Gasteiger partial charge in [0.1, 0.15) is 6.54 Å². The van der Waals surface area contributed by atoms with E-state index in [0.29, 0.717) is 11.3 Å². The third-order valence-electron chi connectivity index (χ3n) is 2.80. The zero-order valence-corrected chi connectivity index (χ0v) is 14.5. The van der Waals surface area contributed by atoms with E-state index in [1.165, 1.54) is 24.3 Å². The standard InChI is InChI=1S/C15H22N2O5S/c1-5-22-15(19)12-6-8-13(9-7-12)17(23(4,20)21)10-14(18)16-11(2)3/h6-9,11H,5,10H2,1-4H3,(H,16,18). The lowest BCUT2D eigenvalue weighted by Gasteiger charge is -2.22. The van der Waals surface area contributed by atoms with Crippen molar-refractivity contribution in [1.82, 2.24) is 5.32 Å². The van der Waals surface area contributed by atoms with Gasteiger partial charge in [-0.25, -0.2) is 13.2 Å². The molecule has 1 amide bonds. The summed E-state index contributed by atoms with van der Waals surface area (Å²) in [5.41, 5.74) is 0.620. The lowest BCUT2D eigenvalue weighted by atomic mass is 10.2. The average molecular weight is 342 g/mol. The lowest BCUT2D eigenvalue weighted by Crippen LogP contribution is -2.42. The molecule has 0 aliphatic rings. The molecule has 23 heavy (non-hydrogen) atoms. The summed E-state index contributed by atoms with van der Waals surface area (Å²) < 4.78 is 29.7. The molecule has 0 fully saturated rings. The summed E-state index contributed by atoms with van der Waals surface area (Å²) in [5.74, 6) is -0.887. The largest absolute Gasteiger partial charge is 0.462 e. The number of hydrogen-bond acceptors (Lipinski definition) is 5. The van der Waals surface area contributed by atoms with Crippen LogP contribution in [0, 0.1) is 0 Å². The van der Waals surface area contributed by atoms with Crippen LogP contribution >= 0.6 is 0 Å². The van der Waals surface area contributed by atoms with E-state index in [9.17, 15) is 18.0 Å². The van der Waals surface area contributed by atoms with E-state index in [1.54, 1.807) is 20.8 Å². The third-order valence-corrected chi connectivity index (χ3v) is 3.94. The van der Waals surface area contributed by atoms with Gasteiger partial charge in [-0.15, -0.1) is 0 Å². The van der Waals surface area contributed by atoms with Crippen molar-refractivity contribution in [2.45, 2.75) is 26.8 Å². The van der Waals surface area contributed by atoms with Gasteiger partial charge < -0.3 is 10.1 Å². The first-order valence-corrected chi connectivity index (χ1v) is 9.04. The number of benzene rings is 1. The van der Waals surface area contributed by atoms with Crippen LogP contribution in [-0.2, 0) is 19.6 Å². The summed E-state index contributed by atoms with van der Waals surface area (Å²) >= 11 is 0. The molecule has 0 radical (unpaired) electrons. The number of sulfonamides is 1. The molecule has 0 spiro atoms. The summed E-state index contributed by atoms with van der Waals surface area (Å²) in [4.78, 5) is 23.5. The fourth-order valence-corrected chi connectivity index (χ4v) is 2.73. The minimum atomic E-state index is -3.64. The number of esters is 1. The second-order valence-corrected chi connectivity index (χ2v) is 7.17. The summed E-state index contributed by atoms with van der Waals surface area (Å²) in [6.45, 7) is 5.21. The summed E-state index contributed by atoms with van der Waals surface area (Å²) in [5, 5.41) is 2.64. The van der Waals surface area contributed by atoms with Crippen molar-refractivity contribution in [1.29, 1.82) is 0 Å². The molecule has 1 rings (SSSR count). The molecular formula is C15H22N2O5S. The molecule has 0 saturated heterocycles. The number of carbonyl (C=O) groups excluding carboxylic acids is 2. The van der Waals surface area contributed by atoms with Gasteiger partial charge in [0, 0.05) is 6.04 Å². The Kier molecular flexibility index (Phi) is 6.56. The molecule has 128 valence electrons. The molecule has 0 aliphatic heterocycles. The molecule has 1 N–H and O–H groups in total. The molecule has 0 aromatic heterocycles. The molecule has 0 unspecified atom stereocenters. The number of carbonyl (C=O) groups is 2. The highest BCUT2D eigenvalue weighted by molar-refractivity contribution is 7.92. The highest BCUT2D eigenvalue weighted by Gasteiger charge is 2.21. The molecule has 7 nitrogen and oxygen atoms in total. The molecule has 0 bridgehead atoms. The van der Waals surface area contributed by atoms with Gasteiger partial charge in [-0.05, 0) is 45.0 Å². The Labute approximate surface area is 136 Å². The third kappa shape index (κ3) is 5.90. The van der Waals surface area contributed by atoms with Gasteiger partial charge >= 0.3 is 5.97 Å². The van der Waals surface area contributed by atoms with E-state index in [2.05, 4.69) is 5.32 Å². The molecular weight excluding hydrogens is 320 g/mol. The van der Waals surface area contributed by atoms with Gasteiger partial charge in [0.15, 0.2) is 0 Å². The number of nitrogens with one attached hydrogen (secondary N) is 1. The van der Waals surface area contributed by atoms with Gasteiger partial charge in [-0.2, -0.15) is 0 Å². The van der Waals surface area contributed by atoms with Gasteiger partial charge in [0.25, 0.3) is 0 Å². The first-order valence-electron chi connectivity index (χ1n) is 7.19. The predicted molar refractivity (Wildman–Crippen MR) is 87.9 cm³/mol. The lowest BCUT2D eigenvalue weighted by molar-refractivity contribution is -0.120. The molecule has 0 atom stereocenters. The van der Waals surface area contributed by atoms with Crippen molar-refractivity contribution in [3.63, 3.8) is 0 Å². The number of nitrogens with zero attached hydrogens (tertiary/aromatic N) is 1. The number of anilines is 1. The Hall–Kier alpha value is -2.09. The Morgan fingerprint density at radius 3 is 2.22 bits per heavy atom. The number of hydrogen-bond donors (Lipinski definition) is 1. The van der Waals surface area contributed by atoms with E-state index in [0.717, 1.165) is 10.6 Å². The predicted octanol–water partition coefficient (Wildman–Crippen LogP) is 1.15. The second kappa shape index (κ2) is 7.96. The quantitative estimate of drug-likeness (QED) is 0.751. The molecule has 1 aromatic rings. The fourth-order valence-electron chi connectivity index (χ4n) is 1.88. The van der Waals surface area contributed by atoms with Crippen molar-refractivity contribution in [3.8, 4) is 0 Å². The highest BCUT2D eigenvalue weighted by atomic mass is 32.2. The molecule has 0 saturated carbocycles. The highest BCUT2D eigenvalue weighted by Crippen LogP contribution is 2.18. The van der Waals surface area contributed by atoms with E-state index in [-0.39, 0.29) is 19.2 Å². The van der Waals surface area contributed by atoms with Crippen molar-refractivity contribution < 1.29 is 22.7 Å². The van der Waals surface area contributed by atoms with Gasteiger partial charge in [0.2, 0.25) is 15.9 Å². The van der Waals surface area contributed by atoms with Gasteiger partial charge in [-0.3, -0.25) is 9.10 Å². The summed E-state index contributed by atoms with van der Waals surface area (Å²) in [6, 6.07) is 5.78. The summed E-state index contributed by atoms with van der Waals surface area (Å²) in [7, 11) is -3.64. The maximum Gasteiger partial charge on any atom is 0.338 e. The normalized spacial score (nSPS) is 11.2. The van der Waals surface area contributed by atoms with Crippen LogP contribution in [0.25, 0.3) is 0 Å². The van der Waals surface area contributed by atoms with Gasteiger partial charge in [0.05, 0.1) is 24.1 Å². The Bertz CT molecular complexity index is 653. The van der Waals surface area contributed by atoms with Crippen LogP contribution in [0.3, 0.4) is 0 Å². The number of ether oxygens (including phenoxy) is 1. The Balaban J connectivity index is 3.00. The number of amides is 1. The first-order chi connectivity index (χ1) is 10.6. The maximum atomic E-state index is 11.9. The second-order valence-electron chi connectivity index (χ2n) is 5.26. The molecule has 1 aromatic carbocycles.